The van der Waals surface area contributed by atoms with E-state index >= 15 is 0 Å². The van der Waals surface area contributed by atoms with Gasteiger partial charge in [0.15, 0.2) is 5.78 Å². The number of hydrogen-bond donors (Lipinski definition) is 0. The molecule has 24 heavy (non-hydrogen) atoms. The molecule has 0 aliphatic heterocycles. The third-order valence-corrected chi connectivity index (χ3v) is 4.07. The highest BCUT2D eigenvalue weighted by Gasteiger charge is 2.09. The van der Waals surface area contributed by atoms with E-state index in [2.05, 4.69) is 28.2 Å². The molecule has 0 saturated heterocycles. The highest BCUT2D eigenvalue weighted by atomic mass is 16.1. The van der Waals surface area contributed by atoms with Crippen molar-refractivity contribution in [1.29, 1.82) is 0 Å². The van der Waals surface area contributed by atoms with Crippen molar-refractivity contribution in [2.75, 3.05) is 0 Å². The van der Waals surface area contributed by atoms with E-state index in [0.29, 0.717) is 5.56 Å². The van der Waals surface area contributed by atoms with Crippen LogP contribution in [0.2, 0.25) is 0 Å². The van der Waals surface area contributed by atoms with Crippen molar-refractivity contribution >= 4 is 11.4 Å². The molecule has 0 N–H and O–H groups in total. The maximum absolute atomic E-state index is 11.5. The molecule has 0 spiro atoms. The van der Waals surface area contributed by atoms with E-state index in [9.17, 15) is 4.79 Å². The highest BCUT2D eigenvalue weighted by molar-refractivity contribution is 5.95. The van der Waals surface area contributed by atoms with E-state index in [4.69, 9.17) is 0 Å². The van der Waals surface area contributed by atoms with E-state index in [1.165, 1.54) is 0 Å². The fourth-order valence-electron chi connectivity index (χ4n) is 2.80. The largest absolute Gasteiger partial charge is 0.300 e. The van der Waals surface area contributed by atoms with Gasteiger partial charge in [0, 0.05) is 35.3 Å². The van der Waals surface area contributed by atoms with Gasteiger partial charge in [0.25, 0.3) is 0 Å². The van der Waals surface area contributed by atoms with Crippen LogP contribution in [0.5, 0.6) is 0 Å². The van der Waals surface area contributed by atoms with Gasteiger partial charge in [0.2, 0.25) is 0 Å². The Hall–Kier alpha value is -3.27. The van der Waals surface area contributed by atoms with Crippen molar-refractivity contribution in [3.05, 3.63) is 78.9 Å². The molecule has 0 bridgehead atoms. The zero-order valence-corrected chi connectivity index (χ0v) is 13.2. The third kappa shape index (κ3) is 2.48. The normalized spacial score (nSPS) is 10.9. The molecule has 4 aromatic rings. The van der Waals surface area contributed by atoms with Crippen LogP contribution in [0.15, 0.2) is 73.3 Å². The van der Waals surface area contributed by atoms with Crippen molar-refractivity contribution < 1.29 is 4.79 Å². The number of fused-ring (bicyclic) bond motifs is 1. The van der Waals surface area contributed by atoms with Crippen LogP contribution in [0.4, 0.5) is 0 Å². The standard InChI is InChI=1S/C20H15N3O/c1-14(24)15-7-9-23-19(13-22-20(23)11-15)17-5-2-4-16(10-17)18-6-3-8-21-12-18/h2-13H,1H3. The van der Waals surface area contributed by atoms with Gasteiger partial charge in [0.1, 0.15) is 5.65 Å². The fourth-order valence-corrected chi connectivity index (χ4v) is 2.80. The van der Waals surface area contributed by atoms with E-state index in [1.807, 2.05) is 53.3 Å². The molecule has 0 amide bonds. The SMILES string of the molecule is CC(=O)c1ccn2c(-c3cccc(-c4cccnc4)c3)cnc2c1. The smallest absolute Gasteiger partial charge is 0.159 e. The number of hydrogen-bond acceptors (Lipinski definition) is 3. The lowest BCUT2D eigenvalue weighted by Crippen LogP contribution is -1.95. The second-order valence-corrected chi connectivity index (χ2v) is 5.67. The quantitative estimate of drug-likeness (QED) is 0.531. The summed E-state index contributed by atoms with van der Waals surface area (Å²) < 4.78 is 1.99. The number of carbonyl (C=O) groups is 1. The van der Waals surface area contributed by atoms with Crippen LogP contribution >= 0.6 is 0 Å². The van der Waals surface area contributed by atoms with Crippen LogP contribution in [-0.2, 0) is 0 Å². The molecule has 4 heteroatoms. The monoisotopic (exact) mass is 313 g/mol. The molecule has 1 aromatic carbocycles. The Kier molecular flexibility index (Phi) is 3.43. The minimum atomic E-state index is 0.0422. The number of aromatic nitrogens is 3. The zero-order chi connectivity index (χ0) is 16.5. The van der Waals surface area contributed by atoms with Crippen LogP contribution in [0.1, 0.15) is 17.3 Å². The summed E-state index contributed by atoms with van der Waals surface area (Å²) in [6.07, 6.45) is 7.35. The number of nitrogens with zero attached hydrogens (tertiary/aromatic N) is 3. The summed E-state index contributed by atoms with van der Waals surface area (Å²) in [6, 6.07) is 15.9. The molecule has 4 rings (SSSR count). The summed E-state index contributed by atoms with van der Waals surface area (Å²) in [7, 11) is 0. The van der Waals surface area contributed by atoms with Crippen molar-refractivity contribution in [2.45, 2.75) is 6.92 Å². The van der Waals surface area contributed by atoms with Gasteiger partial charge >= 0.3 is 0 Å². The Morgan fingerprint density at radius 1 is 0.958 bits per heavy atom. The van der Waals surface area contributed by atoms with E-state index in [1.54, 1.807) is 13.1 Å². The second-order valence-electron chi connectivity index (χ2n) is 5.67. The Morgan fingerprint density at radius 2 is 1.79 bits per heavy atom. The molecule has 0 aliphatic carbocycles. The van der Waals surface area contributed by atoms with Gasteiger partial charge in [-0.1, -0.05) is 24.3 Å². The van der Waals surface area contributed by atoms with Gasteiger partial charge in [-0.05, 0) is 36.8 Å². The molecular weight excluding hydrogens is 298 g/mol. The maximum atomic E-state index is 11.5. The minimum absolute atomic E-state index is 0.0422. The molecule has 3 aromatic heterocycles. The van der Waals surface area contributed by atoms with Gasteiger partial charge in [-0.15, -0.1) is 0 Å². The fraction of sp³-hybridized carbons (Fsp3) is 0.0500. The van der Waals surface area contributed by atoms with Crippen LogP contribution in [0, 0.1) is 0 Å². The van der Waals surface area contributed by atoms with Gasteiger partial charge in [-0.3, -0.25) is 14.2 Å². The van der Waals surface area contributed by atoms with Crippen molar-refractivity contribution in [2.24, 2.45) is 0 Å². The van der Waals surface area contributed by atoms with Crippen molar-refractivity contribution in [3.8, 4) is 22.4 Å². The summed E-state index contributed by atoms with van der Waals surface area (Å²) >= 11 is 0. The van der Waals surface area contributed by atoms with Crippen molar-refractivity contribution in [3.63, 3.8) is 0 Å². The molecule has 0 fully saturated rings. The number of imidazole rings is 1. The molecule has 4 nitrogen and oxygen atoms in total. The Labute approximate surface area is 139 Å². The van der Waals surface area contributed by atoms with Crippen LogP contribution < -0.4 is 0 Å². The zero-order valence-electron chi connectivity index (χ0n) is 13.2. The summed E-state index contributed by atoms with van der Waals surface area (Å²) in [5.41, 5.74) is 5.68. The van der Waals surface area contributed by atoms with E-state index in [-0.39, 0.29) is 5.78 Å². The van der Waals surface area contributed by atoms with Gasteiger partial charge in [-0.2, -0.15) is 0 Å². The molecular formula is C20H15N3O. The molecule has 0 saturated carbocycles. The second kappa shape index (κ2) is 5.74. The third-order valence-electron chi connectivity index (χ3n) is 4.07. The molecule has 0 radical (unpaired) electrons. The first-order chi connectivity index (χ1) is 11.7. The van der Waals surface area contributed by atoms with E-state index < -0.39 is 0 Å². The highest BCUT2D eigenvalue weighted by Crippen LogP contribution is 2.26. The number of ketones is 1. The maximum Gasteiger partial charge on any atom is 0.159 e. The Bertz CT molecular complexity index is 1040. The number of Topliss-reactive ketones (excluding diaryl/α,β-unsaturated/α-hetero) is 1. The summed E-state index contributed by atoms with van der Waals surface area (Å²) in [5, 5.41) is 0. The van der Waals surface area contributed by atoms with Gasteiger partial charge in [0.05, 0.1) is 11.9 Å². The predicted octanol–water partition coefficient (Wildman–Crippen LogP) is 4.27. The lowest BCUT2D eigenvalue weighted by Gasteiger charge is -2.06. The molecule has 116 valence electrons. The topological polar surface area (TPSA) is 47.3 Å². The number of pyridine rings is 2. The number of carbonyl (C=O) groups excluding carboxylic acids is 1. The number of benzene rings is 1. The average Bonchev–Trinajstić information content (AvgIpc) is 3.06. The predicted molar refractivity (Wildman–Crippen MR) is 93.9 cm³/mol. The summed E-state index contributed by atoms with van der Waals surface area (Å²) in [5.74, 6) is 0.0422. The first kappa shape index (κ1) is 14.3. The number of rotatable bonds is 3. The van der Waals surface area contributed by atoms with Gasteiger partial charge in [-0.25, -0.2) is 4.98 Å². The van der Waals surface area contributed by atoms with Crippen LogP contribution in [0.25, 0.3) is 28.0 Å². The van der Waals surface area contributed by atoms with Gasteiger partial charge < -0.3 is 0 Å². The van der Waals surface area contributed by atoms with Crippen LogP contribution in [0.3, 0.4) is 0 Å². The molecule has 3 heterocycles. The molecule has 0 unspecified atom stereocenters. The summed E-state index contributed by atoms with van der Waals surface area (Å²) in [6.45, 7) is 1.56. The lowest BCUT2D eigenvalue weighted by molar-refractivity contribution is 0.101. The molecule has 0 aliphatic rings. The lowest BCUT2D eigenvalue weighted by atomic mass is 10.0. The Balaban J connectivity index is 1.82. The van der Waals surface area contributed by atoms with Crippen molar-refractivity contribution in [1.82, 2.24) is 14.4 Å². The first-order valence-electron chi connectivity index (χ1n) is 7.71. The average molecular weight is 313 g/mol. The minimum Gasteiger partial charge on any atom is -0.300 e. The van der Waals surface area contributed by atoms with Crippen LogP contribution in [-0.4, -0.2) is 20.2 Å². The first-order valence-corrected chi connectivity index (χ1v) is 7.71. The molecule has 0 atom stereocenters. The summed E-state index contributed by atoms with van der Waals surface area (Å²) in [4.78, 5) is 20.1. The Morgan fingerprint density at radius 3 is 2.58 bits per heavy atom. The van der Waals surface area contributed by atoms with E-state index in [0.717, 1.165) is 28.0 Å².